The first-order valence-electron chi connectivity index (χ1n) is 6.48. The highest BCUT2D eigenvalue weighted by Gasteiger charge is 2.00. The summed E-state index contributed by atoms with van der Waals surface area (Å²) >= 11 is 4.47. The third-order valence-corrected chi connectivity index (χ3v) is 3.06. The Labute approximate surface area is 129 Å². The largest absolute Gasteiger partial charge is 0.205 e. The summed E-state index contributed by atoms with van der Waals surface area (Å²) in [4.78, 5) is 3.65. The van der Waals surface area contributed by atoms with Gasteiger partial charge in [0.25, 0.3) is 0 Å². The minimum absolute atomic E-state index is 0.205. The Morgan fingerprint density at radius 1 is 1.10 bits per heavy atom. The molecule has 0 saturated heterocycles. The molecule has 0 amide bonds. The number of isothiocyanates is 1. The van der Waals surface area contributed by atoms with Crippen LogP contribution >= 0.6 is 12.2 Å². The molecule has 0 spiro atoms. The van der Waals surface area contributed by atoms with E-state index in [4.69, 9.17) is 0 Å². The van der Waals surface area contributed by atoms with Crippen LogP contribution in [0.25, 0.3) is 12.2 Å². The van der Waals surface area contributed by atoms with Crippen molar-refractivity contribution < 1.29 is 4.39 Å². The molecule has 0 aromatic heterocycles. The molecule has 0 aliphatic heterocycles. The van der Waals surface area contributed by atoms with E-state index in [-0.39, 0.29) is 5.69 Å². The van der Waals surface area contributed by atoms with Gasteiger partial charge in [0.15, 0.2) is 0 Å². The fourth-order valence-corrected chi connectivity index (χ4v) is 1.99. The third kappa shape index (κ3) is 4.32. The summed E-state index contributed by atoms with van der Waals surface area (Å²) in [5.41, 5.74) is 3.25. The van der Waals surface area contributed by atoms with Crippen LogP contribution in [-0.4, -0.2) is 5.16 Å². The summed E-state index contributed by atoms with van der Waals surface area (Å²) in [6, 6.07) is 13.0. The summed E-state index contributed by atoms with van der Waals surface area (Å²) in [5, 5.41) is 2.16. The Bertz CT molecular complexity index is 710. The summed E-state index contributed by atoms with van der Waals surface area (Å²) < 4.78 is 13.7. The SMILES string of the molecule is C=CCc1ccc(/C=C/c2ccc(N=C=S)c(F)c2)cc1. The molecule has 0 atom stereocenters. The number of rotatable bonds is 5. The third-order valence-electron chi connectivity index (χ3n) is 2.97. The van der Waals surface area contributed by atoms with Crippen LogP contribution in [0, 0.1) is 5.82 Å². The van der Waals surface area contributed by atoms with Crippen LogP contribution in [-0.2, 0) is 6.42 Å². The molecule has 0 radical (unpaired) electrons. The molecule has 0 N–H and O–H groups in total. The van der Waals surface area contributed by atoms with Crippen molar-refractivity contribution in [3.63, 3.8) is 0 Å². The number of aliphatic imine (C=N–C) groups is 1. The first-order valence-corrected chi connectivity index (χ1v) is 6.89. The second kappa shape index (κ2) is 7.44. The molecular weight excluding hydrogens is 281 g/mol. The summed E-state index contributed by atoms with van der Waals surface area (Å²) in [5.74, 6) is -0.407. The molecule has 0 unspecified atom stereocenters. The van der Waals surface area contributed by atoms with Gasteiger partial charge in [-0.3, -0.25) is 0 Å². The number of benzene rings is 2. The molecule has 0 aliphatic rings. The first-order chi connectivity index (χ1) is 10.2. The molecular formula is C18H14FNS. The maximum atomic E-state index is 13.7. The number of halogens is 1. The molecule has 0 aliphatic carbocycles. The molecule has 2 aromatic carbocycles. The van der Waals surface area contributed by atoms with Gasteiger partial charge in [0.2, 0.25) is 0 Å². The van der Waals surface area contributed by atoms with Crippen molar-refractivity contribution in [2.45, 2.75) is 6.42 Å². The van der Waals surface area contributed by atoms with Crippen molar-refractivity contribution >= 4 is 35.2 Å². The minimum atomic E-state index is -0.407. The monoisotopic (exact) mass is 295 g/mol. The van der Waals surface area contributed by atoms with E-state index >= 15 is 0 Å². The number of allylic oxidation sites excluding steroid dienone is 1. The Morgan fingerprint density at radius 3 is 2.38 bits per heavy atom. The lowest BCUT2D eigenvalue weighted by Crippen LogP contribution is -1.81. The molecule has 0 fully saturated rings. The quantitative estimate of drug-likeness (QED) is 0.309. The van der Waals surface area contributed by atoms with E-state index < -0.39 is 5.82 Å². The maximum absolute atomic E-state index is 13.7. The van der Waals surface area contributed by atoms with Crippen LogP contribution in [0.5, 0.6) is 0 Å². The van der Waals surface area contributed by atoms with Crippen molar-refractivity contribution in [1.29, 1.82) is 0 Å². The summed E-state index contributed by atoms with van der Waals surface area (Å²) in [6.07, 6.45) is 6.53. The highest BCUT2D eigenvalue weighted by molar-refractivity contribution is 7.78. The zero-order valence-corrected chi connectivity index (χ0v) is 12.2. The maximum Gasteiger partial charge on any atom is 0.150 e. The zero-order chi connectivity index (χ0) is 15.1. The second-order valence-corrected chi connectivity index (χ2v) is 4.66. The molecule has 0 heterocycles. The van der Waals surface area contributed by atoms with Gasteiger partial charge in [-0.1, -0.05) is 48.6 Å². The number of thiocarbonyl (C=S) groups is 1. The van der Waals surface area contributed by atoms with E-state index in [1.54, 1.807) is 12.1 Å². The summed E-state index contributed by atoms with van der Waals surface area (Å²) in [6.45, 7) is 3.71. The Hall–Kier alpha value is -2.35. The molecule has 0 saturated carbocycles. The van der Waals surface area contributed by atoms with Gasteiger partial charge in [0.05, 0.1) is 5.16 Å². The Morgan fingerprint density at radius 2 is 1.76 bits per heavy atom. The van der Waals surface area contributed by atoms with Crippen LogP contribution < -0.4 is 0 Å². The lowest BCUT2D eigenvalue weighted by atomic mass is 10.1. The Kier molecular flexibility index (Phi) is 5.33. The predicted octanol–water partition coefficient (Wildman–Crippen LogP) is 5.46. The predicted molar refractivity (Wildman–Crippen MR) is 90.4 cm³/mol. The number of hydrogen-bond donors (Lipinski definition) is 0. The van der Waals surface area contributed by atoms with E-state index in [2.05, 4.69) is 41.1 Å². The second-order valence-electron chi connectivity index (χ2n) is 4.48. The van der Waals surface area contributed by atoms with E-state index in [0.29, 0.717) is 0 Å². The van der Waals surface area contributed by atoms with E-state index in [1.165, 1.54) is 11.6 Å². The average Bonchev–Trinajstić information content (AvgIpc) is 2.49. The van der Waals surface area contributed by atoms with Gasteiger partial charge in [0.1, 0.15) is 11.5 Å². The van der Waals surface area contributed by atoms with Crippen molar-refractivity contribution in [3.05, 3.63) is 77.6 Å². The zero-order valence-electron chi connectivity index (χ0n) is 11.4. The van der Waals surface area contributed by atoms with Crippen molar-refractivity contribution in [3.8, 4) is 0 Å². The standard InChI is InChI=1S/C18H14FNS/c1-2-3-14-4-6-15(7-5-14)8-9-16-10-11-18(20-13-21)17(19)12-16/h2,4-12H,1,3H2/b9-8+. The fraction of sp³-hybridized carbons (Fsp3) is 0.0556. The summed E-state index contributed by atoms with van der Waals surface area (Å²) in [7, 11) is 0. The lowest BCUT2D eigenvalue weighted by molar-refractivity contribution is 0.630. The van der Waals surface area contributed by atoms with Crippen molar-refractivity contribution in [2.24, 2.45) is 4.99 Å². The van der Waals surface area contributed by atoms with Gasteiger partial charge in [-0.2, -0.15) is 4.99 Å². The van der Waals surface area contributed by atoms with Crippen LogP contribution in [0.15, 0.2) is 60.1 Å². The van der Waals surface area contributed by atoms with Gasteiger partial charge >= 0.3 is 0 Å². The molecule has 0 bridgehead atoms. The molecule has 1 nitrogen and oxygen atoms in total. The van der Waals surface area contributed by atoms with Crippen molar-refractivity contribution in [2.75, 3.05) is 0 Å². The van der Waals surface area contributed by atoms with Gasteiger partial charge in [0, 0.05) is 0 Å². The van der Waals surface area contributed by atoms with Crippen LogP contribution in [0.3, 0.4) is 0 Å². The number of nitrogens with zero attached hydrogens (tertiary/aromatic N) is 1. The van der Waals surface area contributed by atoms with Crippen molar-refractivity contribution in [1.82, 2.24) is 0 Å². The molecule has 21 heavy (non-hydrogen) atoms. The Balaban J connectivity index is 2.15. The van der Waals surface area contributed by atoms with E-state index in [9.17, 15) is 4.39 Å². The molecule has 3 heteroatoms. The average molecular weight is 295 g/mol. The molecule has 104 valence electrons. The lowest BCUT2D eigenvalue weighted by Gasteiger charge is -1.99. The van der Waals surface area contributed by atoms with E-state index in [1.807, 2.05) is 30.4 Å². The van der Waals surface area contributed by atoms with Gasteiger partial charge in [-0.25, -0.2) is 4.39 Å². The smallest absolute Gasteiger partial charge is 0.150 e. The minimum Gasteiger partial charge on any atom is -0.205 e. The van der Waals surface area contributed by atoms with Gasteiger partial charge in [-0.15, -0.1) is 6.58 Å². The fourth-order valence-electron chi connectivity index (χ4n) is 1.89. The van der Waals surface area contributed by atoms with Crippen LogP contribution in [0.4, 0.5) is 10.1 Å². The molecule has 2 aromatic rings. The first kappa shape index (κ1) is 15.0. The van der Waals surface area contributed by atoms with E-state index in [0.717, 1.165) is 17.5 Å². The topological polar surface area (TPSA) is 12.4 Å². The van der Waals surface area contributed by atoms with Gasteiger partial charge in [-0.05, 0) is 47.5 Å². The van der Waals surface area contributed by atoms with Crippen LogP contribution in [0.1, 0.15) is 16.7 Å². The van der Waals surface area contributed by atoms with Gasteiger partial charge < -0.3 is 0 Å². The number of hydrogen-bond acceptors (Lipinski definition) is 2. The van der Waals surface area contributed by atoms with Crippen LogP contribution in [0.2, 0.25) is 0 Å². The molecule has 2 rings (SSSR count). The highest BCUT2D eigenvalue weighted by atomic mass is 32.1. The highest BCUT2D eigenvalue weighted by Crippen LogP contribution is 2.20. The normalized spacial score (nSPS) is 10.3.